The van der Waals surface area contributed by atoms with Crippen LogP contribution in [0.4, 0.5) is 0 Å². The van der Waals surface area contributed by atoms with E-state index in [4.69, 9.17) is 9.84 Å². The van der Waals surface area contributed by atoms with Crippen molar-refractivity contribution in [1.82, 2.24) is 9.84 Å². The Balaban J connectivity index is 2.23. The van der Waals surface area contributed by atoms with Crippen LogP contribution in [0, 0.1) is 6.92 Å². The Morgan fingerprint density at radius 1 is 1.37 bits per heavy atom. The Kier molecular flexibility index (Phi) is 4.54. The van der Waals surface area contributed by atoms with E-state index in [9.17, 15) is 8.42 Å². The number of hydrogen-bond acceptors (Lipinski definition) is 5. The number of aliphatic hydroxyl groups excluding tert-OH is 1. The molecule has 0 amide bonds. The summed E-state index contributed by atoms with van der Waals surface area (Å²) in [5, 5.41) is 10.7. The van der Waals surface area contributed by atoms with Crippen molar-refractivity contribution in [3.63, 3.8) is 0 Å². The summed E-state index contributed by atoms with van der Waals surface area (Å²) >= 11 is 0. The number of rotatable bonds is 4. The zero-order valence-corrected chi connectivity index (χ0v) is 11.6. The molecule has 0 spiro atoms. The molecule has 1 fully saturated rings. The summed E-state index contributed by atoms with van der Waals surface area (Å²) < 4.78 is 29.8. The lowest BCUT2D eigenvalue weighted by molar-refractivity contribution is 0.0272. The summed E-state index contributed by atoms with van der Waals surface area (Å²) in [6, 6.07) is 4.90. The van der Waals surface area contributed by atoms with Gasteiger partial charge in [0.25, 0.3) is 10.0 Å². The second kappa shape index (κ2) is 5.98. The molecule has 1 aliphatic rings. The van der Waals surface area contributed by atoms with Gasteiger partial charge in [-0.25, -0.2) is 13.4 Å². The SMILES string of the molecule is Cc1ccc(CO)cc1S(=O)(=O)NN1CCOCC1. The molecular formula is C12H18N2O4S. The van der Waals surface area contributed by atoms with Crippen molar-refractivity contribution in [1.29, 1.82) is 0 Å². The molecule has 1 saturated heterocycles. The average molecular weight is 286 g/mol. The van der Waals surface area contributed by atoms with Crippen molar-refractivity contribution < 1.29 is 18.3 Å². The minimum atomic E-state index is -3.61. The highest BCUT2D eigenvalue weighted by molar-refractivity contribution is 7.89. The van der Waals surface area contributed by atoms with Gasteiger partial charge < -0.3 is 9.84 Å². The molecule has 0 radical (unpaired) electrons. The maximum Gasteiger partial charge on any atom is 0.253 e. The highest BCUT2D eigenvalue weighted by atomic mass is 32.2. The molecular weight excluding hydrogens is 268 g/mol. The summed E-state index contributed by atoms with van der Waals surface area (Å²) in [5.41, 5.74) is 1.23. The van der Waals surface area contributed by atoms with Gasteiger partial charge in [-0.3, -0.25) is 0 Å². The number of benzene rings is 1. The number of nitrogens with one attached hydrogen (secondary N) is 1. The Morgan fingerprint density at radius 3 is 2.68 bits per heavy atom. The molecule has 7 heteroatoms. The van der Waals surface area contributed by atoms with Crippen molar-refractivity contribution in [2.24, 2.45) is 0 Å². The lowest BCUT2D eigenvalue weighted by atomic mass is 10.2. The first-order chi connectivity index (χ1) is 9.03. The third-order valence-electron chi connectivity index (χ3n) is 2.99. The second-order valence-corrected chi connectivity index (χ2v) is 6.08. The Bertz CT molecular complexity index is 539. The summed E-state index contributed by atoms with van der Waals surface area (Å²) in [6.07, 6.45) is 0. The lowest BCUT2D eigenvalue weighted by Crippen LogP contribution is -2.48. The van der Waals surface area contributed by atoms with Gasteiger partial charge in [-0.2, -0.15) is 0 Å². The van der Waals surface area contributed by atoms with Gasteiger partial charge in [0, 0.05) is 13.1 Å². The van der Waals surface area contributed by atoms with Crippen LogP contribution in [0.25, 0.3) is 0 Å². The van der Waals surface area contributed by atoms with E-state index in [1.165, 1.54) is 6.07 Å². The molecule has 6 nitrogen and oxygen atoms in total. The van der Waals surface area contributed by atoms with Gasteiger partial charge in [0.1, 0.15) is 0 Å². The lowest BCUT2D eigenvalue weighted by Gasteiger charge is -2.27. The van der Waals surface area contributed by atoms with Crippen molar-refractivity contribution in [2.75, 3.05) is 26.3 Å². The van der Waals surface area contributed by atoms with Crippen molar-refractivity contribution >= 4 is 10.0 Å². The molecule has 0 bridgehead atoms. The Hall–Kier alpha value is -0.990. The van der Waals surface area contributed by atoms with Gasteiger partial charge >= 0.3 is 0 Å². The third-order valence-corrected chi connectivity index (χ3v) is 4.50. The molecule has 106 valence electrons. The number of ether oxygens (including phenoxy) is 1. The molecule has 2 rings (SSSR count). The topological polar surface area (TPSA) is 78.9 Å². The predicted molar refractivity (Wildman–Crippen MR) is 69.8 cm³/mol. The zero-order valence-electron chi connectivity index (χ0n) is 10.8. The van der Waals surface area contributed by atoms with Gasteiger partial charge in [0.15, 0.2) is 0 Å². The van der Waals surface area contributed by atoms with Crippen LogP contribution in [0.3, 0.4) is 0 Å². The van der Waals surface area contributed by atoms with Crippen molar-refractivity contribution in [3.05, 3.63) is 29.3 Å². The standard InChI is InChI=1S/C12H18N2O4S/c1-10-2-3-11(9-15)8-12(10)19(16,17)13-14-4-6-18-7-5-14/h2-3,8,13,15H,4-7,9H2,1H3. The number of hydrogen-bond donors (Lipinski definition) is 2. The van der Waals surface area contributed by atoms with E-state index in [1.54, 1.807) is 24.1 Å². The molecule has 0 atom stereocenters. The highest BCUT2D eigenvalue weighted by Crippen LogP contribution is 2.17. The quantitative estimate of drug-likeness (QED) is 0.815. The van der Waals surface area contributed by atoms with E-state index in [1.807, 2.05) is 0 Å². The molecule has 0 saturated carbocycles. The van der Waals surface area contributed by atoms with Crippen LogP contribution in [0.15, 0.2) is 23.1 Å². The van der Waals surface area contributed by atoms with Crippen molar-refractivity contribution in [2.45, 2.75) is 18.4 Å². The van der Waals surface area contributed by atoms with E-state index in [0.29, 0.717) is 37.4 Å². The molecule has 0 aromatic heterocycles. The van der Waals surface area contributed by atoms with Crippen LogP contribution >= 0.6 is 0 Å². The first-order valence-electron chi connectivity index (χ1n) is 6.08. The average Bonchev–Trinajstić information content (AvgIpc) is 2.39. The smallest absolute Gasteiger partial charge is 0.253 e. The first-order valence-corrected chi connectivity index (χ1v) is 7.57. The maximum absolute atomic E-state index is 12.3. The Morgan fingerprint density at radius 2 is 2.05 bits per heavy atom. The monoisotopic (exact) mass is 286 g/mol. The first kappa shape index (κ1) is 14.4. The van der Waals surface area contributed by atoms with E-state index in [0.717, 1.165) is 0 Å². The van der Waals surface area contributed by atoms with E-state index in [-0.39, 0.29) is 11.5 Å². The zero-order chi connectivity index (χ0) is 13.9. The molecule has 2 N–H and O–H groups in total. The van der Waals surface area contributed by atoms with Gasteiger partial charge in [0.2, 0.25) is 0 Å². The van der Waals surface area contributed by atoms with Crippen LogP contribution in [0.1, 0.15) is 11.1 Å². The summed E-state index contributed by atoms with van der Waals surface area (Å²) in [4.78, 5) is 2.75. The molecule has 0 unspecified atom stereocenters. The van der Waals surface area contributed by atoms with Crippen LogP contribution in [0.2, 0.25) is 0 Å². The maximum atomic E-state index is 12.3. The fourth-order valence-electron chi connectivity index (χ4n) is 1.91. The van der Waals surface area contributed by atoms with E-state index < -0.39 is 10.0 Å². The van der Waals surface area contributed by atoms with Gasteiger partial charge in [-0.15, -0.1) is 4.83 Å². The van der Waals surface area contributed by atoms with Crippen LogP contribution in [-0.2, 0) is 21.4 Å². The van der Waals surface area contributed by atoms with Crippen LogP contribution < -0.4 is 4.83 Å². The number of aliphatic hydroxyl groups is 1. The fraction of sp³-hybridized carbons (Fsp3) is 0.500. The second-order valence-electron chi connectivity index (χ2n) is 4.45. The number of nitrogens with zero attached hydrogens (tertiary/aromatic N) is 1. The van der Waals surface area contributed by atoms with Gasteiger partial charge in [-0.1, -0.05) is 12.1 Å². The van der Waals surface area contributed by atoms with E-state index >= 15 is 0 Å². The molecule has 1 aromatic carbocycles. The summed E-state index contributed by atoms with van der Waals surface area (Å²) in [7, 11) is -3.61. The number of morpholine rings is 1. The number of hydrazine groups is 1. The number of aryl methyl sites for hydroxylation is 1. The largest absolute Gasteiger partial charge is 0.392 e. The molecule has 0 aliphatic carbocycles. The summed E-state index contributed by atoms with van der Waals surface area (Å²) in [6.45, 7) is 3.63. The minimum Gasteiger partial charge on any atom is -0.392 e. The van der Waals surface area contributed by atoms with E-state index in [2.05, 4.69) is 4.83 Å². The predicted octanol–water partition coefficient (Wildman–Crippen LogP) is 0.0128. The third kappa shape index (κ3) is 3.52. The highest BCUT2D eigenvalue weighted by Gasteiger charge is 2.22. The normalized spacial score (nSPS) is 17.6. The van der Waals surface area contributed by atoms with Crippen LogP contribution in [0.5, 0.6) is 0 Å². The molecule has 1 aliphatic heterocycles. The molecule has 1 aromatic rings. The minimum absolute atomic E-state index is 0.180. The fourth-order valence-corrected chi connectivity index (χ4v) is 3.33. The van der Waals surface area contributed by atoms with Gasteiger partial charge in [-0.05, 0) is 24.1 Å². The van der Waals surface area contributed by atoms with Crippen molar-refractivity contribution in [3.8, 4) is 0 Å². The Labute approximate surface area is 113 Å². The van der Waals surface area contributed by atoms with Crippen LogP contribution in [-0.4, -0.2) is 44.8 Å². The number of sulfonamides is 1. The molecule has 19 heavy (non-hydrogen) atoms. The molecule has 1 heterocycles. The van der Waals surface area contributed by atoms with Gasteiger partial charge in [0.05, 0.1) is 24.7 Å². The summed E-state index contributed by atoms with van der Waals surface area (Å²) in [5.74, 6) is 0.